The number of rotatable bonds is 10. The number of nitrogens with one attached hydrogen (secondary N) is 2. The Bertz CT molecular complexity index is 2250. The molecule has 0 radical (unpaired) electrons. The summed E-state index contributed by atoms with van der Waals surface area (Å²) in [5.74, 6) is -1.95. The number of cyclic esters (lactones) is 1. The van der Waals surface area contributed by atoms with E-state index in [1.54, 1.807) is 26.4 Å². The molecule has 13 nitrogen and oxygen atoms in total. The fraction of sp³-hybridized carbons (Fsp3) is 0.489. The fourth-order valence-electron chi connectivity index (χ4n) is 8.44. The van der Waals surface area contributed by atoms with Crippen molar-refractivity contribution in [3.63, 3.8) is 0 Å². The summed E-state index contributed by atoms with van der Waals surface area (Å²) in [6.45, 7) is 20.4. The Hall–Kier alpha value is -5.58. The lowest BCUT2D eigenvalue weighted by Gasteiger charge is -2.36. The number of hydrogen-bond donors (Lipinski definition) is 2. The molecule has 3 aromatic rings. The van der Waals surface area contributed by atoms with Crippen LogP contribution in [0.4, 0.5) is 0 Å². The zero-order valence-electron chi connectivity index (χ0n) is 36.8. The molecule has 5 rings (SSSR count). The lowest BCUT2D eigenvalue weighted by molar-refractivity contribution is -0.155. The maximum Gasteiger partial charge on any atom is 0.324 e. The highest BCUT2D eigenvalue weighted by atomic mass is 16.5. The van der Waals surface area contributed by atoms with E-state index < -0.39 is 41.3 Å². The predicted molar refractivity (Wildman–Crippen MR) is 235 cm³/mol. The summed E-state index contributed by atoms with van der Waals surface area (Å²) in [6, 6.07) is 11.3. The number of carbonyl (C=O) groups excluding carboxylic acids is 4. The van der Waals surface area contributed by atoms with E-state index in [-0.39, 0.29) is 31.0 Å². The molecule has 1 fully saturated rings. The van der Waals surface area contributed by atoms with Crippen molar-refractivity contribution in [3.8, 4) is 17.2 Å². The van der Waals surface area contributed by atoms with E-state index in [1.165, 1.54) is 16.8 Å². The summed E-state index contributed by atoms with van der Waals surface area (Å²) < 4.78 is 14.1. The van der Waals surface area contributed by atoms with E-state index in [1.807, 2.05) is 52.0 Å². The largest absolute Gasteiger partial charge is 0.464 e. The van der Waals surface area contributed by atoms with Crippen LogP contribution in [0, 0.1) is 22.7 Å². The van der Waals surface area contributed by atoms with Crippen LogP contribution in [0.3, 0.4) is 0 Å². The van der Waals surface area contributed by atoms with Crippen LogP contribution in [0.25, 0.3) is 27.6 Å². The molecule has 2 aliphatic rings. The number of fused-ring (bicyclic) bond motifs is 6. The second-order valence-corrected chi connectivity index (χ2v) is 16.9. The van der Waals surface area contributed by atoms with Gasteiger partial charge in [0.05, 0.1) is 35.7 Å². The predicted octanol–water partition coefficient (Wildman–Crippen LogP) is 6.37. The molecule has 13 heteroatoms. The molecule has 2 aliphatic heterocycles. The van der Waals surface area contributed by atoms with Crippen LogP contribution in [-0.2, 0) is 48.0 Å². The smallest absolute Gasteiger partial charge is 0.324 e. The van der Waals surface area contributed by atoms with Gasteiger partial charge < -0.3 is 24.3 Å². The van der Waals surface area contributed by atoms with Crippen LogP contribution in [-0.4, -0.2) is 95.9 Å². The first-order valence-electron chi connectivity index (χ1n) is 20.8. The molecule has 2 aromatic carbocycles. The molecule has 0 unspecified atom stereocenters. The van der Waals surface area contributed by atoms with Gasteiger partial charge in [0, 0.05) is 68.7 Å². The maximum absolute atomic E-state index is 14.5. The van der Waals surface area contributed by atoms with Crippen LogP contribution < -0.4 is 10.7 Å². The average Bonchev–Trinajstić information content (AvgIpc) is 3.52. The van der Waals surface area contributed by atoms with Crippen LogP contribution >= 0.6 is 0 Å². The lowest BCUT2D eigenvalue weighted by Crippen LogP contribution is -2.62. The van der Waals surface area contributed by atoms with Gasteiger partial charge in [-0.2, -0.15) is 5.26 Å². The molecule has 1 aromatic heterocycles. The van der Waals surface area contributed by atoms with E-state index in [2.05, 4.69) is 60.9 Å². The third kappa shape index (κ3) is 9.72. The van der Waals surface area contributed by atoms with Crippen LogP contribution in [0.5, 0.6) is 0 Å². The number of aliphatic imine (C=N–C) groups is 1. The molecule has 3 amide bonds. The molecular weight excluding hydrogens is 759 g/mol. The monoisotopic (exact) mass is 819 g/mol. The molecule has 3 heterocycles. The van der Waals surface area contributed by atoms with Crippen molar-refractivity contribution in [3.05, 3.63) is 77.1 Å². The zero-order valence-corrected chi connectivity index (χ0v) is 36.8. The van der Waals surface area contributed by atoms with Crippen LogP contribution in [0.15, 0.2) is 59.7 Å². The van der Waals surface area contributed by atoms with Gasteiger partial charge in [0.25, 0.3) is 5.91 Å². The molecule has 60 heavy (non-hydrogen) atoms. The number of likely N-dealkylation sites (N-methyl/N-ethyl adjacent to an activating group) is 1. The molecular formula is C47H61N7O6. The Labute approximate surface area is 354 Å². The number of carbonyl (C=O) groups is 4. The molecule has 0 spiro atoms. The minimum Gasteiger partial charge on any atom is -0.464 e. The molecule has 0 saturated carbocycles. The highest BCUT2D eigenvalue weighted by Crippen LogP contribution is 2.40. The van der Waals surface area contributed by atoms with Gasteiger partial charge in [0.15, 0.2) is 0 Å². The summed E-state index contributed by atoms with van der Waals surface area (Å²) >= 11 is 0. The Kier molecular flexibility index (Phi) is 14.6. The Morgan fingerprint density at radius 2 is 1.92 bits per heavy atom. The lowest BCUT2D eigenvalue weighted by atomic mass is 9.84. The van der Waals surface area contributed by atoms with Gasteiger partial charge in [-0.15, -0.1) is 0 Å². The van der Waals surface area contributed by atoms with E-state index in [9.17, 15) is 24.4 Å². The number of ether oxygens (including phenoxy) is 2. The van der Waals surface area contributed by atoms with Gasteiger partial charge in [-0.05, 0) is 92.5 Å². The van der Waals surface area contributed by atoms with E-state index in [0.29, 0.717) is 43.5 Å². The SMILES string of the molecule is C=C/C(=C(\N=CC)[C@H](C)OC)c1c2c3cc(ccc3n1CC)-c1cc(C#N)cc(c1)C[C@H](NC(=O)[C@H](C(C)C)N(C)C(C)=O)C(=O)N1CCC[C@H](N1)C(=O)OCC(C)(C)C2. The Balaban J connectivity index is 1.77. The van der Waals surface area contributed by atoms with Crippen molar-refractivity contribution in [1.29, 1.82) is 5.26 Å². The van der Waals surface area contributed by atoms with Crippen LogP contribution in [0.1, 0.15) is 90.6 Å². The number of methoxy groups -OCH3 is 1. The highest BCUT2D eigenvalue weighted by Gasteiger charge is 2.37. The number of amides is 3. The quantitative estimate of drug-likeness (QED) is 0.136. The number of aryl methyl sites for hydroxylation is 1. The first kappa shape index (κ1) is 45.5. The summed E-state index contributed by atoms with van der Waals surface area (Å²) in [5.41, 5.74) is 9.75. The maximum atomic E-state index is 14.5. The third-order valence-corrected chi connectivity index (χ3v) is 11.5. The summed E-state index contributed by atoms with van der Waals surface area (Å²) in [5, 5.41) is 15.6. The third-order valence-electron chi connectivity index (χ3n) is 11.5. The first-order valence-corrected chi connectivity index (χ1v) is 20.8. The van der Waals surface area contributed by atoms with Gasteiger partial charge in [0.2, 0.25) is 11.8 Å². The Morgan fingerprint density at radius 1 is 1.18 bits per heavy atom. The van der Waals surface area contributed by atoms with Crippen molar-refractivity contribution in [2.45, 2.75) is 112 Å². The molecule has 0 aliphatic carbocycles. The standard InChI is InChI=1S/C47H61N7O6/c1-12-35(41(49-13-2)29(6)59-11)43-37-25-47(8,9)27-60-46(58)38-16-15-19-54(51-38)45(57)39(50-44(56)42(28(4)5)52(10)30(7)55)23-31-20-32(26-48)22-34(21-31)33-17-18-40(36(37)24-33)53(43)14-3/h12-13,17-18,20-22,24,28-29,38-39,42,51H,1,14-16,19,23,25,27H2,2-11H3,(H,50,56)/b41-35+,49-13?/t29-,38-,39-,42-/m0/s1. The number of hydrazine groups is 1. The van der Waals surface area contributed by atoms with Crippen molar-refractivity contribution in [2.24, 2.45) is 16.3 Å². The van der Waals surface area contributed by atoms with E-state index >= 15 is 0 Å². The molecule has 1 saturated heterocycles. The first-order chi connectivity index (χ1) is 28.5. The summed E-state index contributed by atoms with van der Waals surface area (Å²) in [7, 11) is 3.22. The van der Waals surface area contributed by atoms with Gasteiger partial charge >= 0.3 is 5.97 Å². The fourth-order valence-corrected chi connectivity index (χ4v) is 8.44. The number of allylic oxidation sites excluding steroid dienone is 2. The van der Waals surface area contributed by atoms with Crippen molar-refractivity contribution < 1.29 is 28.7 Å². The second kappa shape index (κ2) is 19.2. The second-order valence-electron chi connectivity index (χ2n) is 16.9. The van der Waals surface area contributed by atoms with Crippen LogP contribution in [0.2, 0.25) is 0 Å². The topological polar surface area (TPSA) is 158 Å². The molecule has 320 valence electrons. The number of nitrogens with zero attached hydrogens (tertiary/aromatic N) is 5. The summed E-state index contributed by atoms with van der Waals surface area (Å²) in [6.07, 6.45) is 4.78. The van der Waals surface area contributed by atoms with Gasteiger partial charge in [-0.25, -0.2) is 5.43 Å². The van der Waals surface area contributed by atoms with Gasteiger partial charge in [0.1, 0.15) is 18.1 Å². The van der Waals surface area contributed by atoms with E-state index in [4.69, 9.17) is 14.5 Å². The highest BCUT2D eigenvalue weighted by molar-refractivity contribution is 5.96. The summed E-state index contributed by atoms with van der Waals surface area (Å²) in [4.78, 5) is 60.9. The van der Waals surface area contributed by atoms with Gasteiger partial charge in [-0.1, -0.05) is 52.5 Å². The molecule has 6 bridgehead atoms. The molecule has 2 N–H and O–H groups in total. The van der Waals surface area contributed by atoms with E-state index in [0.717, 1.165) is 44.6 Å². The number of hydrogen-bond acceptors (Lipinski definition) is 9. The number of nitriles is 1. The number of aromatic nitrogens is 1. The minimum absolute atomic E-state index is 0.0406. The van der Waals surface area contributed by atoms with Crippen molar-refractivity contribution in [2.75, 3.05) is 27.3 Å². The van der Waals surface area contributed by atoms with Crippen molar-refractivity contribution >= 4 is 46.4 Å². The zero-order chi connectivity index (χ0) is 44.1. The number of esters is 1. The number of benzene rings is 2. The average molecular weight is 820 g/mol. The minimum atomic E-state index is -1.10. The Morgan fingerprint density at radius 3 is 2.53 bits per heavy atom. The van der Waals surface area contributed by atoms with Gasteiger partial charge in [-0.3, -0.25) is 29.2 Å². The van der Waals surface area contributed by atoms with Crippen molar-refractivity contribution in [1.82, 2.24) is 25.2 Å². The molecule has 4 atom stereocenters. The normalized spacial score (nSPS) is 19.9.